The number of benzene rings is 2. The van der Waals surface area contributed by atoms with E-state index in [1.807, 2.05) is 23.9 Å². The van der Waals surface area contributed by atoms with Crippen molar-refractivity contribution < 1.29 is 4.79 Å². The van der Waals surface area contributed by atoms with E-state index in [4.69, 9.17) is 0 Å². The number of rotatable bonds is 3. The second-order valence-electron chi connectivity index (χ2n) is 7.07. The molecule has 0 fully saturated rings. The quantitative estimate of drug-likeness (QED) is 0.682. The Kier molecular flexibility index (Phi) is 5.25. The lowest BCUT2D eigenvalue weighted by molar-refractivity contribution is -0.126. The minimum Gasteiger partial charge on any atom is -0.299 e. The van der Waals surface area contributed by atoms with Crippen LogP contribution in [0.1, 0.15) is 38.7 Å². The molecular weight excluding hydrogens is 312 g/mol. The molecule has 1 aliphatic carbocycles. The van der Waals surface area contributed by atoms with Gasteiger partial charge < -0.3 is 0 Å². The van der Waals surface area contributed by atoms with Gasteiger partial charge in [-0.2, -0.15) is 0 Å². The number of hydrogen-bond donors (Lipinski definition) is 0. The van der Waals surface area contributed by atoms with E-state index in [-0.39, 0.29) is 5.41 Å². The smallest absolute Gasteiger partial charge is 0.142 e. The summed E-state index contributed by atoms with van der Waals surface area (Å²) in [5, 5.41) is 0.401. The van der Waals surface area contributed by atoms with Crippen molar-refractivity contribution in [3.8, 4) is 0 Å². The van der Waals surface area contributed by atoms with Crippen molar-refractivity contribution in [2.45, 2.75) is 43.3 Å². The Bertz CT molecular complexity index is 716. The maximum absolute atomic E-state index is 12.6. The average molecular weight is 337 g/mol. The third-order valence-corrected chi connectivity index (χ3v) is 5.88. The first-order chi connectivity index (χ1) is 11.5. The minimum atomic E-state index is -0.259. The first-order valence-corrected chi connectivity index (χ1v) is 9.42. The van der Waals surface area contributed by atoms with Crippen molar-refractivity contribution >= 4 is 23.1 Å². The zero-order valence-electron chi connectivity index (χ0n) is 14.4. The Labute approximate surface area is 149 Å². The highest BCUT2D eigenvalue weighted by Gasteiger charge is 2.32. The fourth-order valence-electron chi connectivity index (χ4n) is 3.24. The molecule has 1 atom stereocenters. The third-order valence-electron chi connectivity index (χ3n) is 4.66. The van der Waals surface area contributed by atoms with E-state index in [9.17, 15) is 4.79 Å². The SMILES string of the molecule is CC1(C)CC(Sc2ccccc2)C/C(c2ccccc2)=C\CC1=O. The molecule has 2 aromatic rings. The Morgan fingerprint density at radius 1 is 0.958 bits per heavy atom. The topological polar surface area (TPSA) is 17.1 Å². The van der Waals surface area contributed by atoms with Gasteiger partial charge in [0.25, 0.3) is 0 Å². The summed E-state index contributed by atoms with van der Waals surface area (Å²) in [5.41, 5.74) is 2.28. The Morgan fingerprint density at radius 2 is 1.58 bits per heavy atom. The van der Waals surface area contributed by atoms with Crippen molar-refractivity contribution in [2.75, 3.05) is 0 Å². The Balaban J connectivity index is 1.89. The molecule has 0 spiro atoms. The number of carbonyl (C=O) groups excluding carboxylic acids is 1. The van der Waals surface area contributed by atoms with Crippen LogP contribution in [-0.2, 0) is 4.79 Å². The van der Waals surface area contributed by atoms with Crippen LogP contribution in [0.15, 0.2) is 71.6 Å². The molecule has 0 saturated heterocycles. The van der Waals surface area contributed by atoms with Gasteiger partial charge in [-0.25, -0.2) is 0 Å². The van der Waals surface area contributed by atoms with Crippen molar-refractivity contribution in [1.82, 2.24) is 0 Å². The van der Waals surface area contributed by atoms with Gasteiger partial charge in [0.15, 0.2) is 0 Å². The van der Waals surface area contributed by atoms with Crippen molar-refractivity contribution in [1.29, 1.82) is 0 Å². The maximum Gasteiger partial charge on any atom is 0.142 e. The summed E-state index contributed by atoms with van der Waals surface area (Å²) in [5.74, 6) is 0.342. The molecule has 0 amide bonds. The van der Waals surface area contributed by atoms with Gasteiger partial charge in [0.2, 0.25) is 0 Å². The number of hydrogen-bond acceptors (Lipinski definition) is 2. The van der Waals surface area contributed by atoms with Gasteiger partial charge in [-0.3, -0.25) is 4.79 Å². The number of ketones is 1. The molecule has 0 N–H and O–H groups in total. The molecular formula is C22H24OS. The number of Topliss-reactive ketones (excluding diaryl/α,β-unsaturated/α-hetero) is 1. The second-order valence-corrected chi connectivity index (χ2v) is 8.44. The lowest BCUT2D eigenvalue weighted by Gasteiger charge is -2.31. The van der Waals surface area contributed by atoms with Crippen LogP contribution >= 0.6 is 11.8 Å². The van der Waals surface area contributed by atoms with E-state index >= 15 is 0 Å². The first-order valence-electron chi connectivity index (χ1n) is 8.54. The molecule has 0 radical (unpaired) electrons. The molecule has 0 heterocycles. The first kappa shape index (κ1) is 17.0. The molecule has 1 nitrogen and oxygen atoms in total. The van der Waals surface area contributed by atoms with Gasteiger partial charge in [-0.15, -0.1) is 11.8 Å². The van der Waals surface area contributed by atoms with Crippen LogP contribution in [0.5, 0.6) is 0 Å². The monoisotopic (exact) mass is 336 g/mol. The Hall–Kier alpha value is -1.80. The Morgan fingerprint density at radius 3 is 2.25 bits per heavy atom. The summed E-state index contributed by atoms with van der Waals surface area (Å²) in [7, 11) is 0. The lowest BCUT2D eigenvalue weighted by Crippen LogP contribution is -2.29. The van der Waals surface area contributed by atoms with Crippen LogP contribution in [0.3, 0.4) is 0 Å². The third kappa shape index (κ3) is 4.18. The molecule has 0 saturated carbocycles. The van der Waals surface area contributed by atoms with E-state index in [0.29, 0.717) is 17.5 Å². The van der Waals surface area contributed by atoms with Gasteiger partial charge in [0.05, 0.1) is 0 Å². The van der Waals surface area contributed by atoms with Gasteiger partial charge in [0.1, 0.15) is 5.78 Å². The maximum atomic E-state index is 12.6. The zero-order chi connectivity index (χ0) is 17.0. The summed E-state index contributed by atoms with van der Waals surface area (Å²) >= 11 is 1.90. The summed E-state index contributed by atoms with van der Waals surface area (Å²) in [6.45, 7) is 4.18. The molecule has 0 aromatic heterocycles. The standard InChI is InChI=1S/C22H24OS/c1-22(2)16-20(24-19-11-7-4-8-12-19)15-18(13-14-21(22)23)17-9-5-3-6-10-17/h3-13,20H,14-16H2,1-2H3/b18-13+. The number of thioether (sulfide) groups is 1. The van der Waals surface area contributed by atoms with Gasteiger partial charge >= 0.3 is 0 Å². The highest BCUT2D eigenvalue weighted by Crippen LogP contribution is 2.40. The van der Waals surface area contributed by atoms with E-state index < -0.39 is 0 Å². The molecule has 1 unspecified atom stereocenters. The van der Waals surface area contributed by atoms with Crippen molar-refractivity contribution in [3.05, 3.63) is 72.3 Å². The van der Waals surface area contributed by atoms with Crippen LogP contribution in [-0.4, -0.2) is 11.0 Å². The normalized spacial score (nSPS) is 23.0. The molecule has 1 aliphatic rings. The predicted octanol–water partition coefficient (Wildman–Crippen LogP) is 6.01. The van der Waals surface area contributed by atoms with E-state index in [0.717, 1.165) is 12.8 Å². The molecule has 0 aliphatic heterocycles. The largest absolute Gasteiger partial charge is 0.299 e. The van der Waals surface area contributed by atoms with Crippen LogP contribution in [0.25, 0.3) is 5.57 Å². The summed E-state index contributed by atoms with van der Waals surface area (Å²) in [6.07, 6.45) is 4.60. The second kappa shape index (κ2) is 7.40. The van der Waals surface area contributed by atoms with E-state index in [1.165, 1.54) is 16.0 Å². The van der Waals surface area contributed by atoms with Crippen LogP contribution in [0.2, 0.25) is 0 Å². The molecule has 0 bridgehead atoms. The van der Waals surface area contributed by atoms with Crippen LogP contribution < -0.4 is 0 Å². The van der Waals surface area contributed by atoms with E-state index in [1.54, 1.807) is 0 Å². The molecule has 3 rings (SSSR count). The van der Waals surface area contributed by atoms with Crippen LogP contribution in [0.4, 0.5) is 0 Å². The number of allylic oxidation sites excluding steroid dienone is 2. The fraction of sp³-hybridized carbons (Fsp3) is 0.318. The summed E-state index contributed by atoms with van der Waals surface area (Å²) in [4.78, 5) is 13.9. The molecule has 2 heteroatoms. The number of carbonyl (C=O) groups is 1. The summed E-state index contributed by atoms with van der Waals surface area (Å²) < 4.78 is 0. The van der Waals surface area contributed by atoms with Gasteiger partial charge in [0, 0.05) is 22.0 Å². The zero-order valence-corrected chi connectivity index (χ0v) is 15.2. The van der Waals surface area contributed by atoms with E-state index in [2.05, 4.69) is 68.5 Å². The molecule has 2 aromatic carbocycles. The minimum absolute atomic E-state index is 0.259. The van der Waals surface area contributed by atoms with Gasteiger partial charge in [-0.1, -0.05) is 68.5 Å². The fourth-order valence-corrected chi connectivity index (χ4v) is 4.70. The summed E-state index contributed by atoms with van der Waals surface area (Å²) in [6, 6.07) is 21.0. The average Bonchev–Trinajstić information content (AvgIpc) is 2.58. The lowest BCUT2D eigenvalue weighted by atomic mass is 9.78. The van der Waals surface area contributed by atoms with Crippen molar-refractivity contribution in [3.63, 3.8) is 0 Å². The van der Waals surface area contributed by atoms with Crippen molar-refractivity contribution in [2.24, 2.45) is 5.41 Å². The highest BCUT2D eigenvalue weighted by atomic mass is 32.2. The molecule has 24 heavy (non-hydrogen) atoms. The predicted molar refractivity (Wildman–Crippen MR) is 103 cm³/mol. The molecule has 124 valence electrons. The van der Waals surface area contributed by atoms with Crippen LogP contribution in [0, 0.1) is 5.41 Å². The highest BCUT2D eigenvalue weighted by molar-refractivity contribution is 8.00. The van der Waals surface area contributed by atoms with Gasteiger partial charge in [-0.05, 0) is 36.1 Å².